The van der Waals surface area contributed by atoms with Crippen molar-refractivity contribution in [1.29, 1.82) is 0 Å². The first-order chi connectivity index (χ1) is 16.6. The van der Waals surface area contributed by atoms with E-state index in [1.54, 1.807) is 42.6 Å². The minimum atomic E-state index is -0.549. The Labute approximate surface area is 193 Å². The third kappa shape index (κ3) is 4.18. The number of carbonyl (C=O) groups is 1. The molecular formula is C25H19FN4O4. The largest absolute Gasteiger partial charge is 0.474 e. The van der Waals surface area contributed by atoms with E-state index in [9.17, 15) is 14.0 Å². The standard InChI is InChI=1S/C25H19FN4O4/c26-16-3-5-17(6-4-16)30(25(32)20-2-1-12-28-23(20)31)18-7-9-19(10-8-18)34-21-11-13-29-24-22(21)27-14-15-33-24/h1-13,27H,14-15H2,(H,28,31). The lowest BCUT2D eigenvalue weighted by Gasteiger charge is -2.23. The van der Waals surface area contributed by atoms with Gasteiger partial charge in [0.05, 0.1) is 0 Å². The van der Waals surface area contributed by atoms with E-state index in [1.807, 2.05) is 0 Å². The molecule has 0 saturated carbocycles. The van der Waals surface area contributed by atoms with Crippen LogP contribution in [0.4, 0.5) is 21.5 Å². The number of anilines is 3. The molecule has 2 aromatic heterocycles. The third-order valence-corrected chi connectivity index (χ3v) is 5.18. The fourth-order valence-corrected chi connectivity index (χ4v) is 3.58. The van der Waals surface area contributed by atoms with Gasteiger partial charge in [0, 0.05) is 36.4 Å². The van der Waals surface area contributed by atoms with Crippen LogP contribution in [0.1, 0.15) is 10.4 Å². The molecule has 170 valence electrons. The lowest BCUT2D eigenvalue weighted by atomic mass is 10.1. The maximum absolute atomic E-state index is 13.5. The minimum absolute atomic E-state index is 0.0401. The van der Waals surface area contributed by atoms with E-state index in [0.717, 1.165) is 0 Å². The van der Waals surface area contributed by atoms with Crippen molar-refractivity contribution in [2.24, 2.45) is 0 Å². The Hall–Kier alpha value is -4.66. The number of nitrogens with zero attached hydrogens (tertiary/aromatic N) is 2. The van der Waals surface area contributed by atoms with Crippen molar-refractivity contribution in [3.05, 3.63) is 101 Å². The molecule has 0 atom stereocenters. The van der Waals surface area contributed by atoms with Crippen LogP contribution in [-0.2, 0) is 0 Å². The predicted molar refractivity (Wildman–Crippen MR) is 125 cm³/mol. The lowest BCUT2D eigenvalue weighted by Crippen LogP contribution is -2.31. The van der Waals surface area contributed by atoms with Gasteiger partial charge in [-0.2, -0.15) is 0 Å². The van der Waals surface area contributed by atoms with Crippen LogP contribution >= 0.6 is 0 Å². The molecular weight excluding hydrogens is 439 g/mol. The number of hydrogen-bond acceptors (Lipinski definition) is 6. The van der Waals surface area contributed by atoms with Crippen molar-refractivity contribution >= 4 is 23.0 Å². The van der Waals surface area contributed by atoms with E-state index in [4.69, 9.17) is 9.47 Å². The number of ether oxygens (including phenoxy) is 2. The molecule has 0 saturated heterocycles. The number of benzene rings is 2. The average Bonchev–Trinajstić information content (AvgIpc) is 2.87. The van der Waals surface area contributed by atoms with Gasteiger partial charge in [-0.1, -0.05) is 0 Å². The second-order valence-corrected chi connectivity index (χ2v) is 7.39. The van der Waals surface area contributed by atoms with Gasteiger partial charge in [-0.3, -0.25) is 14.5 Å². The summed E-state index contributed by atoms with van der Waals surface area (Å²) in [5, 5.41) is 3.22. The van der Waals surface area contributed by atoms with Crippen LogP contribution in [0.3, 0.4) is 0 Å². The molecule has 0 unspecified atom stereocenters. The molecule has 8 nitrogen and oxygen atoms in total. The maximum Gasteiger partial charge on any atom is 0.268 e. The van der Waals surface area contributed by atoms with Crippen LogP contribution in [0, 0.1) is 5.82 Å². The first-order valence-electron chi connectivity index (χ1n) is 10.5. The molecule has 34 heavy (non-hydrogen) atoms. The molecule has 0 spiro atoms. The maximum atomic E-state index is 13.5. The zero-order valence-corrected chi connectivity index (χ0v) is 17.8. The van der Waals surface area contributed by atoms with Gasteiger partial charge in [-0.25, -0.2) is 9.37 Å². The van der Waals surface area contributed by atoms with Gasteiger partial charge < -0.3 is 19.8 Å². The monoisotopic (exact) mass is 458 g/mol. The van der Waals surface area contributed by atoms with Crippen LogP contribution in [-0.4, -0.2) is 29.0 Å². The topological polar surface area (TPSA) is 96.6 Å². The van der Waals surface area contributed by atoms with Crippen LogP contribution in [0.15, 0.2) is 83.9 Å². The lowest BCUT2D eigenvalue weighted by molar-refractivity contribution is 0.0997. The molecule has 2 aromatic carbocycles. The van der Waals surface area contributed by atoms with Crippen molar-refractivity contribution in [1.82, 2.24) is 9.97 Å². The Morgan fingerprint density at radius 3 is 2.50 bits per heavy atom. The first-order valence-corrected chi connectivity index (χ1v) is 10.5. The number of aromatic nitrogens is 2. The number of fused-ring (bicyclic) bond motifs is 1. The second-order valence-electron chi connectivity index (χ2n) is 7.39. The van der Waals surface area contributed by atoms with Crippen LogP contribution in [0.2, 0.25) is 0 Å². The molecule has 1 amide bonds. The van der Waals surface area contributed by atoms with Crippen LogP contribution in [0.25, 0.3) is 0 Å². The summed E-state index contributed by atoms with van der Waals surface area (Å²) in [5.41, 5.74) is 1.00. The Bertz CT molecular complexity index is 1390. The molecule has 3 heterocycles. The Balaban J connectivity index is 1.48. The van der Waals surface area contributed by atoms with E-state index in [-0.39, 0.29) is 5.56 Å². The van der Waals surface area contributed by atoms with E-state index in [2.05, 4.69) is 15.3 Å². The van der Waals surface area contributed by atoms with E-state index in [1.165, 1.54) is 41.4 Å². The minimum Gasteiger partial charge on any atom is -0.474 e. The molecule has 2 N–H and O–H groups in total. The fraction of sp³-hybridized carbons (Fsp3) is 0.0800. The number of nitrogens with one attached hydrogen (secondary N) is 2. The van der Waals surface area contributed by atoms with Gasteiger partial charge in [0.1, 0.15) is 29.4 Å². The molecule has 1 aliphatic heterocycles. The third-order valence-electron chi connectivity index (χ3n) is 5.18. The summed E-state index contributed by atoms with van der Waals surface area (Å²) in [4.78, 5) is 33.6. The summed E-state index contributed by atoms with van der Waals surface area (Å²) in [6.45, 7) is 1.16. The quantitative estimate of drug-likeness (QED) is 0.458. The Morgan fingerprint density at radius 1 is 1.03 bits per heavy atom. The van der Waals surface area contributed by atoms with Gasteiger partial charge in [0.2, 0.25) is 5.88 Å². The van der Waals surface area contributed by atoms with Gasteiger partial charge in [-0.05, 0) is 60.7 Å². The predicted octanol–water partition coefficient (Wildman–Crippen LogP) is 4.48. The van der Waals surface area contributed by atoms with Gasteiger partial charge in [0.15, 0.2) is 5.75 Å². The van der Waals surface area contributed by atoms with E-state index in [0.29, 0.717) is 47.6 Å². The Morgan fingerprint density at radius 2 is 1.76 bits per heavy atom. The number of amides is 1. The highest BCUT2D eigenvalue weighted by molar-refractivity contribution is 6.10. The summed E-state index contributed by atoms with van der Waals surface area (Å²) in [6.07, 6.45) is 3.05. The molecule has 4 aromatic rings. The van der Waals surface area contributed by atoms with Crippen molar-refractivity contribution in [3.8, 4) is 17.4 Å². The Kier molecular flexibility index (Phi) is 5.65. The highest BCUT2D eigenvalue weighted by Crippen LogP contribution is 2.37. The number of H-pyrrole nitrogens is 1. The number of carbonyl (C=O) groups excluding carboxylic acids is 1. The average molecular weight is 458 g/mol. The first kappa shape index (κ1) is 21.2. The van der Waals surface area contributed by atoms with Crippen molar-refractivity contribution in [2.45, 2.75) is 0 Å². The number of aromatic amines is 1. The zero-order chi connectivity index (χ0) is 23.5. The molecule has 0 radical (unpaired) electrons. The fourth-order valence-electron chi connectivity index (χ4n) is 3.58. The summed E-state index contributed by atoms with van der Waals surface area (Å²) >= 11 is 0. The van der Waals surface area contributed by atoms with Crippen molar-refractivity contribution < 1.29 is 18.7 Å². The summed E-state index contributed by atoms with van der Waals surface area (Å²) in [6, 6.07) is 17.0. The zero-order valence-electron chi connectivity index (χ0n) is 17.8. The SMILES string of the molecule is O=C(c1ccc[nH]c1=O)N(c1ccc(F)cc1)c1ccc(Oc2ccnc3c2NCCO3)cc1. The van der Waals surface area contributed by atoms with Gasteiger partial charge >= 0.3 is 0 Å². The second kappa shape index (κ2) is 9.07. The number of hydrogen-bond donors (Lipinski definition) is 2. The molecule has 0 aliphatic carbocycles. The molecule has 9 heteroatoms. The normalized spacial score (nSPS) is 12.1. The van der Waals surface area contributed by atoms with Crippen molar-refractivity contribution in [2.75, 3.05) is 23.4 Å². The van der Waals surface area contributed by atoms with Gasteiger partial charge in [0.25, 0.3) is 11.5 Å². The smallest absolute Gasteiger partial charge is 0.268 e. The number of pyridine rings is 2. The molecule has 1 aliphatic rings. The highest BCUT2D eigenvalue weighted by Gasteiger charge is 2.23. The van der Waals surface area contributed by atoms with Crippen LogP contribution < -0.4 is 25.2 Å². The summed E-state index contributed by atoms with van der Waals surface area (Å²) in [7, 11) is 0. The molecule has 5 rings (SSSR count). The number of rotatable bonds is 5. The van der Waals surface area contributed by atoms with Crippen LogP contribution in [0.5, 0.6) is 17.4 Å². The molecule has 0 fully saturated rings. The van der Waals surface area contributed by atoms with E-state index < -0.39 is 17.3 Å². The summed E-state index contributed by atoms with van der Waals surface area (Å²) < 4.78 is 25.1. The highest BCUT2D eigenvalue weighted by atomic mass is 19.1. The van der Waals surface area contributed by atoms with Crippen molar-refractivity contribution in [3.63, 3.8) is 0 Å². The molecule has 0 bridgehead atoms. The summed E-state index contributed by atoms with van der Waals surface area (Å²) in [5.74, 6) is 0.567. The number of halogens is 1. The van der Waals surface area contributed by atoms with Gasteiger partial charge in [-0.15, -0.1) is 0 Å². The van der Waals surface area contributed by atoms with E-state index >= 15 is 0 Å².